The molecule has 240 valence electrons. The molecule has 0 amide bonds. The monoisotopic (exact) mass is 686 g/mol. The van der Waals surface area contributed by atoms with Crippen LogP contribution < -0.4 is 9.47 Å². The maximum absolute atomic E-state index is 11.9. The third-order valence-corrected chi connectivity index (χ3v) is 11.6. The molecule has 0 N–H and O–H groups in total. The van der Waals surface area contributed by atoms with Gasteiger partial charge in [0.05, 0.1) is 13.1 Å². The molecular weight excluding hydrogens is 649 g/mol. The van der Waals surface area contributed by atoms with Gasteiger partial charge in [0, 0.05) is 40.6 Å². The van der Waals surface area contributed by atoms with E-state index in [1.54, 1.807) is 47.0 Å². The van der Waals surface area contributed by atoms with E-state index in [9.17, 15) is 9.59 Å². The Balaban J connectivity index is 1.31. The second kappa shape index (κ2) is 17.8. The fourth-order valence-corrected chi connectivity index (χ4v) is 8.28. The average Bonchev–Trinajstić information content (AvgIpc) is 3.79. The molecule has 0 aromatic heterocycles. The molecule has 2 aliphatic heterocycles. The number of aliphatic imine (C=N–C) groups is 2. The second-order valence-corrected chi connectivity index (χ2v) is 15.1. The number of carbonyl (C=O) groups excluding carboxylic acids is 2. The van der Waals surface area contributed by atoms with Gasteiger partial charge in [-0.2, -0.15) is 0 Å². The lowest BCUT2D eigenvalue weighted by molar-refractivity contribution is -0.144. The first-order chi connectivity index (χ1) is 21.8. The van der Waals surface area contributed by atoms with Gasteiger partial charge in [-0.1, -0.05) is 98.3 Å². The van der Waals surface area contributed by atoms with Crippen LogP contribution in [0, 0.1) is 0 Å². The first-order valence-electron chi connectivity index (χ1n) is 14.5. The molecule has 2 atom stereocenters. The summed E-state index contributed by atoms with van der Waals surface area (Å²) in [4.78, 5) is 32.6. The largest absolute Gasteiger partial charge is 0.490 e. The molecule has 2 aliphatic rings. The van der Waals surface area contributed by atoms with E-state index in [1.807, 2.05) is 48.5 Å². The molecule has 0 aliphatic carbocycles. The summed E-state index contributed by atoms with van der Waals surface area (Å²) in [7, 11) is 0. The zero-order valence-electron chi connectivity index (χ0n) is 25.5. The fraction of sp³-hybridized carbons (Fsp3) is 0.394. The summed E-state index contributed by atoms with van der Waals surface area (Å²) in [6.07, 6.45) is 1.48. The van der Waals surface area contributed by atoms with E-state index in [1.165, 1.54) is 12.2 Å². The first kappa shape index (κ1) is 35.1. The van der Waals surface area contributed by atoms with Crippen molar-refractivity contribution in [3.63, 3.8) is 0 Å². The van der Waals surface area contributed by atoms with Gasteiger partial charge in [-0.3, -0.25) is 9.98 Å². The van der Waals surface area contributed by atoms with Crippen LogP contribution in [0.1, 0.15) is 25.0 Å². The third-order valence-electron chi connectivity index (χ3n) is 6.82. The highest BCUT2D eigenvalue weighted by Gasteiger charge is 2.24. The van der Waals surface area contributed by atoms with Gasteiger partial charge in [0.25, 0.3) is 0 Å². The Morgan fingerprint density at radius 2 is 1.18 bits per heavy atom. The van der Waals surface area contributed by atoms with E-state index in [-0.39, 0.29) is 18.6 Å². The van der Waals surface area contributed by atoms with Gasteiger partial charge in [-0.05, 0) is 35.4 Å². The van der Waals surface area contributed by atoms with E-state index in [2.05, 4.69) is 37.0 Å². The van der Waals surface area contributed by atoms with Gasteiger partial charge in [-0.15, -0.1) is 0 Å². The van der Waals surface area contributed by atoms with Crippen LogP contribution in [0.4, 0.5) is 0 Å². The molecule has 4 rings (SSSR count). The molecule has 45 heavy (non-hydrogen) atoms. The molecule has 0 fully saturated rings. The van der Waals surface area contributed by atoms with Crippen molar-refractivity contribution in [1.82, 2.24) is 0 Å². The van der Waals surface area contributed by atoms with Gasteiger partial charge in [0.15, 0.2) is 0 Å². The lowest BCUT2D eigenvalue weighted by Gasteiger charge is -2.27. The summed E-state index contributed by atoms with van der Waals surface area (Å²) >= 11 is 6.60. The minimum absolute atomic E-state index is 0.231. The van der Waals surface area contributed by atoms with Crippen LogP contribution in [0.2, 0.25) is 0 Å². The minimum Gasteiger partial charge on any atom is -0.490 e. The minimum atomic E-state index is -0.470. The third kappa shape index (κ3) is 11.2. The molecule has 8 nitrogen and oxygen atoms in total. The molecule has 0 bridgehead atoms. The van der Waals surface area contributed by atoms with E-state index in [0.717, 1.165) is 44.5 Å². The molecule has 2 aromatic rings. The number of ether oxygens (including phenoxy) is 4. The lowest BCUT2D eigenvalue weighted by atomic mass is 9.78. The second-order valence-electron chi connectivity index (χ2n) is 10.4. The number of esters is 2. The van der Waals surface area contributed by atoms with Crippen molar-refractivity contribution in [2.45, 2.75) is 31.5 Å². The zero-order valence-corrected chi connectivity index (χ0v) is 28.7. The molecular formula is C33H38N2O6S4. The molecule has 12 heteroatoms. The average molecular weight is 687 g/mol. The molecule has 2 unspecified atom stereocenters. The van der Waals surface area contributed by atoms with E-state index in [4.69, 9.17) is 18.9 Å². The number of hydrogen-bond acceptors (Lipinski definition) is 12. The normalized spacial score (nSPS) is 15.8. The molecule has 0 saturated heterocycles. The van der Waals surface area contributed by atoms with Crippen molar-refractivity contribution in [2.75, 3.05) is 49.3 Å². The Bertz CT molecular complexity index is 1280. The summed E-state index contributed by atoms with van der Waals surface area (Å²) in [6.45, 7) is 13.4. The van der Waals surface area contributed by atoms with Crippen molar-refractivity contribution < 1.29 is 28.5 Å². The Labute approximate surface area is 282 Å². The fourth-order valence-electron chi connectivity index (χ4n) is 4.27. The number of hydrogen-bond donors (Lipinski definition) is 0. The maximum atomic E-state index is 11.9. The quantitative estimate of drug-likeness (QED) is 0.141. The number of rotatable bonds is 16. The van der Waals surface area contributed by atoms with E-state index < -0.39 is 24.1 Å². The lowest BCUT2D eigenvalue weighted by Crippen LogP contribution is -2.27. The van der Waals surface area contributed by atoms with Gasteiger partial charge >= 0.3 is 11.9 Å². The number of thioether (sulfide) groups is 4. The Morgan fingerprint density at radius 3 is 1.51 bits per heavy atom. The summed E-state index contributed by atoms with van der Waals surface area (Å²) in [5.74, 6) is 3.54. The van der Waals surface area contributed by atoms with Crippen molar-refractivity contribution in [3.05, 3.63) is 85.0 Å². The highest BCUT2D eigenvalue weighted by Crippen LogP contribution is 2.34. The summed E-state index contributed by atoms with van der Waals surface area (Å²) in [6, 6.07) is 15.9. The van der Waals surface area contributed by atoms with Crippen LogP contribution in [0.15, 0.2) is 83.8 Å². The SMILES string of the molecule is C=CC(=O)OC(COc1ccc(C(C)(C)c2ccc(OCC(CSC3=NCCS3)OC(=O)C=C)cc2)cc1)CSC1=NCCS1. The van der Waals surface area contributed by atoms with Gasteiger partial charge in [-0.25, -0.2) is 9.59 Å². The number of benzene rings is 2. The van der Waals surface area contributed by atoms with Crippen LogP contribution in [0.3, 0.4) is 0 Å². The van der Waals surface area contributed by atoms with E-state index >= 15 is 0 Å². The van der Waals surface area contributed by atoms with Gasteiger partial charge in [0.2, 0.25) is 0 Å². The first-order valence-corrected chi connectivity index (χ1v) is 18.4. The number of carbonyl (C=O) groups is 2. The predicted octanol–water partition coefficient (Wildman–Crippen LogP) is 6.64. The molecule has 0 spiro atoms. The smallest absolute Gasteiger partial charge is 0.330 e. The van der Waals surface area contributed by atoms with Crippen molar-refractivity contribution in [3.8, 4) is 11.5 Å². The van der Waals surface area contributed by atoms with Gasteiger partial charge in [0.1, 0.15) is 45.7 Å². The van der Waals surface area contributed by atoms with Crippen LogP contribution in [0.5, 0.6) is 11.5 Å². The van der Waals surface area contributed by atoms with Crippen molar-refractivity contribution >= 4 is 67.7 Å². The Kier molecular flexibility index (Phi) is 13.9. The van der Waals surface area contributed by atoms with Gasteiger partial charge < -0.3 is 18.9 Å². The standard InChI is InChI=1S/C33H38N2O6S4/c1-5-29(36)40-27(21-44-31-34-15-17-42-31)19-38-25-11-7-23(8-12-25)33(3,4)24-9-13-26(14-10-24)39-20-28(41-30(37)6-2)22-45-32-35-16-18-43-32/h5-14,27-28H,1-2,15-22H2,3-4H3. The number of nitrogens with zero attached hydrogens (tertiary/aromatic N) is 2. The van der Waals surface area contributed by atoms with Crippen molar-refractivity contribution in [1.29, 1.82) is 0 Å². The topological polar surface area (TPSA) is 95.8 Å². The Hall–Kier alpha value is -2.80. The maximum Gasteiger partial charge on any atom is 0.330 e. The van der Waals surface area contributed by atoms with Crippen LogP contribution >= 0.6 is 47.0 Å². The zero-order chi connectivity index (χ0) is 32.1. The molecule has 0 saturated carbocycles. The molecule has 2 heterocycles. The predicted molar refractivity (Wildman–Crippen MR) is 191 cm³/mol. The highest BCUT2D eigenvalue weighted by molar-refractivity contribution is 8.39. The molecule has 2 aromatic carbocycles. The summed E-state index contributed by atoms with van der Waals surface area (Å²) in [5.41, 5.74) is 1.95. The van der Waals surface area contributed by atoms with Crippen LogP contribution in [-0.2, 0) is 24.5 Å². The Morgan fingerprint density at radius 1 is 0.778 bits per heavy atom. The molecule has 0 radical (unpaired) electrons. The van der Waals surface area contributed by atoms with Crippen LogP contribution in [-0.4, -0.2) is 82.2 Å². The summed E-state index contributed by atoms with van der Waals surface area (Å²) in [5, 5.41) is 0. The van der Waals surface area contributed by atoms with Crippen molar-refractivity contribution in [2.24, 2.45) is 9.98 Å². The van der Waals surface area contributed by atoms with Crippen LogP contribution in [0.25, 0.3) is 0 Å². The summed E-state index contributed by atoms with van der Waals surface area (Å²) < 4.78 is 25.1. The highest BCUT2D eigenvalue weighted by atomic mass is 32.2. The van der Waals surface area contributed by atoms with E-state index in [0.29, 0.717) is 23.0 Å².